The molecule has 3 fully saturated rings. The molecule has 0 aromatic carbocycles. The average molecular weight is 563 g/mol. The van der Waals surface area contributed by atoms with Gasteiger partial charge in [-0.15, -0.1) is 0 Å². The minimum absolute atomic E-state index is 0.0325. The van der Waals surface area contributed by atoms with Gasteiger partial charge in [-0.1, -0.05) is 53.9 Å². The van der Waals surface area contributed by atoms with E-state index in [1.807, 2.05) is 20.8 Å². The van der Waals surface area contributed by atoms with E-state index in [1.54, 1.807) is 25.7 Å². The zero-order valence-corrected chi connectivity index (χ0v) is 25.6. The number of ketones is 1. The van der Waals surface area contributed by atoms with Crippen molar-refractivity contribution < 1.29 is 28.7 Å². The van der Waals surface area contributed by atoms with Crippen LogP contribution in [-0.2, 0) is 23.9 Å². The van der Waals surface area contributed by atoms with E-state index in [0.29, 0.717) is 19.4 Å². The van der Waals surface area contributed by atoms with Gasteiger partial charge < -0.3 is 26.0 Å². The zero-order chi connectivity index (χ0) is 30.3. The number of nitrogens with two attached hydrogens (primary N) is 1. The van der Waals surface area contributed by atoms with Crippen molar-refractivity contribution in [2.24, 2.45) is 27.9 Å². The number of hydrogen-bond acceptors (Lipinski definition) is 6. The van der Waals surface area contributed by atoms with Gasteiger partial charge in [0.15, 0.2) is 0 Å². The molecular weight excluding hydrogens is 512 g/mol. The minimum atomic E-state index is -1.08. The van der Waals surface area contributed by atoms with Crippen LogP contribution in [0.3, 0.4) is 0 Å². The SMILES string of the molecule is CCC1(CC)C[C@]12C[C@@H](C(=O)NC(CC1CCC1)C(=O)C(N)=O)N(C(=O)[C@@H](NC(=O)OC(C)(C)C)C(C)(C)C)C2. The molecule has 0 aromatic rings. The third-order valence-corrected chi connectivity index (χ3v) is 9.49. The molecular formula is C30H50N4O6. The van der Waals surface area contributed by atoms with Gasteiger partial charge >= 0.3 is 6.09 Å². The van der Waals surface area contributed by atoms with Crippen LogP contribution < -0.4 is 16.4 Å². The van der Waals surface area contributed by atoms with Gasteiger partial charge in [-0.25, -0.2) is 4.79 Å². The number of Topliss-reactive ketones (excluding diaryl/α,β-unsaturated/α-hetero) is 1. The lowest BCUT2D eigenvalue weighted by atomic mass is 9.80. The molecule has 1 saturated heterocycles. The van der Waals surface area contributed by atoms with Crippen molar-refractivity contribution in [3.05, 3.63) is 0 Å². The number of rotatable bonds is 10. The average Bonchev–Trinajstić information content (AvgIpc) is 3.26. The zero-order valence-electron chi connectivity index (χ0n) is 25.6. The summed E-state index contributed by atoms with van der Waals surface area (Å²) in [7, 11) is 0. The number of likely N-dealkylation sites (tertiary alicyclic amines) is 1. The lowest BCUT2D eigenvalue weighted by Crippen LogP contribution is -2.59. The Bertz CT molecular complexity index is 1020. The Morgan fingerprint density at radius 2 is 1.60 bits per heavy atom. The maximum atomic E-state index is 14.2. The Morgan fingerprint density at radius 3 is 2.02 bits per heavy atom. The van der Waals surface area contributed by atoms with Crippen LogP contribution in [-0.4, -0.2) is 64.8 Å². The summed E-state index contributed by atoms with van der Waals surface area (Å²) in [4.78, 5) is 66.8. The smallest absolute Gasteiger partial charge is 0.408 e. The minimum Gasteiger partial charge on any atom is -0.444 e. The first kappa shape index (κ1) is 31.9. The van der Waals surface area contributed by atoms with E-state index >= 15 is 0 Å². The predicted octanol–water partition coefficient (Wildman–Crippen LogP) is 3.45. The molecule has 4 atom stereocenters. The van der Waals surface area contributed by atoms with Crippen LogP contribution in [0.5, 0.6) is 0 Å². The summed E-state index contributed by atoms with van der Waals surface area (Å²) in [5.74, 6) is -2.45. The van der Waals surface area contributed by atoms with Crippen LogP contribution >= 0.6 is 0 Å². The van der Waals surface area contributed by atoms with Crippen molar-refractivity contribution in [2.75, 3.05) is 6.54 Å². The normalized spacial score (nSPS) is 25.5. The number of carbonyl (C=O) groups is 5. The Morgan fingerprint density at radius 1 is 1.00 bits per heavy atom. The Hall–Kier alpha value is -2.65. The second-order valence-electron chi connectivity index (χ2n) is 14.4. The highest BCUT2D eigenvalue weighted by Gasteiger charge is 2.70. The molecule has 0 radical (unpaired) electrons. The van der Waals surface area contributed by atoms with Crippen LogP contribution in [0.2, 0.25) is 0 Å². The molecule has 3 aliphatic rings. The number of ether oxygens (including phenoxy) is 1. The highest BCUT2D eigenvalue weighted by atomic mass is 16.6. The third kappa shape index (κ3) is 6.62. The van der Waals surface area contributed by atoms with Gasteiger partial charge in [0.05, 0.1) is 6.04 Å². The van der Waals surface area contributed by atoms with E-state index < -0.39 is 52.8 Å². The number of alkyl carbamates (subject to hydrolysis) is 1. The topological polar surface area (TPSA) is 148 Å². The van der Waals surface area contributed by atoms with E-state index in [1.165, 1.54) is 0 Å². The van der Waals surface area contributed by atoms with E-state index in [9.17, 15) is 24.0 Å². The molecule has 10 nitrogen and oxygen atoms in total. The van der Waals surface area contributed by atoms with Crippen molar-refractivity contribution in [2.45, 2.75) is 130 Å². The number of carbonyl (C=O) groups excluding carboxylic acids is 5. The monoisotopic (exact) mass is 562 g/mol. The van der Waals surface area contributed by atoms with E-state index in [4.69, 9.17) is 10.5 Å². The molecule has 0 aromatic heterocycles. The summed E-state index contributed by atoms with van der Waals surface area (Å²) in [6.07, 6.45) is 5.83. The standard InChI is InChI=1S/C30H50N4O6/c1-9-29(10-2)16-30(29)15-20(24(37)32-19(21(35)23(31)36)14-18-12-11-13-18)34(17-30)25(38)22(27(3,4)5)33-26(39)40-28(6,7)8/h18-20,22H,9-17H2,1-8H3,(H2,31,36)(H,32,37)(H,33,39)/t19?,20-,22+,30-/m0/s1. The maximum absolute atomic E-state index is 14.2. The van der Waals surface area contributed by atoms with Gasteiger partial charge in [-0.05, 0) is 75.0 Å². The molecule has 2 saturated carbocycles. The largest absolute Gasteiger partial charge is 0.444 e. The first-order chi connectivity index (χ1) is 18.4. The summed E-state index contributed by atoms with van der Waals surface area (Å²) < 4.78 is 5.44. The third-order valence-electron chi connectivity index (χ3n) is 9.49. The molecule has 4 N–H and O–H groups in total. The molecule has 4 amide bonds. The molecule has 1 heterocycles. The summed E-state index contributed by atoms with van der Waals surface area (Å²) in [5.41, 5.74) is 3.73. The Labute approximate surface area is 238 Å². The molecule has 226 valence electrons. The van der Waals surface area contributed by atoms with E-state index in [-0.39, 0.29) is 22.7 Å². The van der Waals surface area contributed by atoms with Gasteiger partial charge in [-0.3, -0.25) is 19.2 Å². The quantitative estimate of drug-likeness (QED) is 0.347. The van der Waals surface area contributed by atoms with Crippen molar-refractivity contribution in [1.82, 2.24) is 15.5 Å². The number of nitrogens with zero attached hydrogens (tertiary/aromatic N) is 1. The molecule has 1 aliphatic heterocycles. The van der Waals surface area contributed by atoms with Crippen molar-refractivity contribution in [1.29, 1.82) is 0 Å². The Kier molecular flexibility index (Phi) is 9.02. The lowest BCUT2D eigenvalue weighted by molar-refractivity contribution is -0.143. The van der Waals surface area contributed by atoms with E-state index in [0.717, 1.165) is 38.5 Å². The van der Waals surface area contributed by atoms with E-state index in [2.05, 4.69) is 24.5 Å². The molecule has 0 bridgehead atoms. The number of primary amides is 1. The number of nitrogens with one attached hydrogen (secondary N) is 2. The van der Waals surface area contributed by atoms with Crippen LogP contribution in [0.4, 0.5) is 4.79 Å². The summed E-state index contributed by atoms with van der Waals surface area (Å²) in [5, 5.41) is 5.57. The van der Waals surface area contributed by atoms with Crippen LogP contribution in [0.25, 0.3) is 0 Å². The molecule has 10 heteroatoms. The van der Waals surface area contributed by atoms with Gasteiger partial charge in [0.1, 0.15) is 17.7 Å². The molecule has 2 aliphatic carbocycles. The summed E-state index contributed by atoms with van der Waals surface area (Å²) >= 11 is 0. The van der Waals surface area contributed by atoms with Crippen molar-refractivity contribution >= 4 is 29.6 Å². The number of amides is 4. The predicted molar refractivity (Wildman–Crippen MR) is 151 cm³/mol. The first-order valence-corrected chi connectivity index (χ1v) is 14.8. The van der Waals surface area contributed by atoms with Crippen molar-refractivity contribution in [3.8, 4) is 0 Å². The van der Waals surface area contributed by atoms with Crippen LogP contribution in [0, 0.1) is 22.2 Å². The fourth-order valence-corrected chi connectivity index (χ4v) is 6.79. The molecule has 1 spiro atoms. The molecule has 1 unspecified atom stereocenters. The fraction of sp³-hybridized carbons (Fsp3) is 0.833. The molecule has 3 rings (SSSR count). The maximum Gasteiger partial charge on any atom is 0.408 e. The van der Waals surface area contributed by atoms with Gasteiger partial charge in [0.2, 0.25) is 17.6 Å². The highest BCUT2D eigenvalue weighted by molar-refractivity contribution is 6.37. The van der Waals surface area contributed by atoms with Gasteiger partial charge in [0, 0.05) is 6.54 Å². The Balaban J connectivity index is 1.90. The molecule has 40 heavy (non-hydrogen) atoms. The lowest BCUT2D eigenvalue weighted by Gasteiger charge is -2.36. The second kappa shape index (κ2) is 11.3. The second-order valence-corrected chi connectivity index (χ2v) is 14.4. The van der Waals surface area contributed by atoms with Crippen LogP contribution in [0.1, 0.15) is 107 Å². The van der Waals surface area contributed by atoms with Crippen molar-refractivity contribution in [3.63, 3.8) is 0 Å². The van der Waals surface area contributed by atoms with Gasteiger partial charge in [0.25, 0.3) is 5.91 Å². The highest BCUT2D eigenvalue weighted by Crippen LogP contribution is 2.72. The number of hydrogen-bond donors (Lipinski definition) is 3. The summed E-state index contributed by atoms with van der Waals surface area (Å²) in [6.45, 7) is 15.5. The summed E-state index contributed by atoms with van der Waals surface area (Å²) in [6, 6.07) is -2.78. The van der Waals surface area contributed by atoms with Crippen LogP contribution in [0.15, 0.2) is 0 Å². The first-order valence-electron chi connectivity index (χ1n) is 14.8. The fourth-order valence-electron chi connectivity index (χ4n) is 6.79. The van der Waals surface area contributed by atoms with Gasteiger partial charge in [-0.2, -0.15) is 0 Å².